The van der Waals surface area contributed by atoms with Crippen LogP contribution in [0.1, 0.15) is 64.2 Å². The average Bonchev–Trinajstić information content (AvgIpc) is 3.40. The lowest BCUT2D eigenvalue weighted by Gasteiger charge is -2.41. The lowest BCUT2D eigenvalue weighted by Crippen LogP contribution is -2.50. The number of rotatable bonds is 7. The Morgan fingerprint density at radius 2 is 1.54 bits per heavy atom. The fourth-order valence-electron chi connectivity index (χ4n) is 5.97. The minimum Gasteiger partial charge on any atom is -0.368 e. The van der Waals surface area contributed by atoms with Crippen LogP contribution in [-0.4, -0.2) is 70.7 Å². The first-order valence-corrected chi connectivity index (χ1v) is 15.7. The summed E-state index contributed by atoms with van der Waals surface area (Å²) in [6.07, 6.45) is 13.7. The molecule has 1 aromatic carbocycles. The highest BCUT2D eigenvalue weighted by Crippen LogP contribution is 2.33. The largest absolute Gasteiger partial charge is 0.368 e. The lowest BCUT2D eigenvalue weighted by atomic mass is 9.89. The van der Waals surface area contributed by atoms with Gasteiger partial charge in [0.2, 0.25) is 5.91 Å². The Hall–Kier alpha value is -2.26. The van der Waals surface area contributed by atoms with Gasteiger partial charge in [-0.3, -0.25) is 10.1 Å². The molecule has 2 aromatic rings. The molecule has 3 amide bonds. The van der Waals surface area contributed by atoms with E-state index in [1.807, 2.05) is 11.0 Å². The van der Waals surface area contributed by atoms with Gasteiger partial charge < -0.3 is 14.7 Å². The second kappa shape index (κ2) is 13.0. The standard InChI is InChI=1S/C28H39N5O2S2/c34-25(32-18-16-31(17-19-32)22-10-4-1-5-11-22)21-36-26-20-29-27(37-26)30-28(35)33(23-12-6-2-7-13-23)24-14-8-3-9-15-24/h1,4-5,10-11,20,23-24H,2-3,6-9,12-19,21H2,(H,29,30,35). The molecule has 2 aliphatic carbocycles. The van der Waals surface area contributed by atoms with E-state index in [2.05, 4.69) is 44.4 Å². The van der Waals surface area contributed by atoms with Gasteiger partial charge >= 0.3 is 6.03 Å². The number of nitrogens with zero attached hydrogens (tertiary/aromatic N) is 4. The second-order valence-corrected chi connectivity index (χ2v) is 12.7. The summed E-state index contributed by atoms with van der Waals surface area (Å²) in [4.78, 5) is 37.2. The van der Waals surface area contributed by atoms with E-state index in [-0.39, 0.29) is 11.9 Å². The van der Waals surface area contributed by atoms with Crippen LogP contribution in [0.5, 0.6) is 0 Å². The van der Waals surface area contributed by atoms with Gasteiger partial charge in [-0.2, -0.15) is 0 Å². The normalized spacial score (nSPS) is 19.6. The van der Waals surface area contributed by atoms with E-state index in [1.54, 1.807) is 6.20 Å². The van der Waals surface area contributed by atoms with Crippen molar-refractivity contribution in [1.82, 2.24) is 14.8 Å². The molecule has 2 saturated carbocycles. The van der Waals surface area contributed by atoms with Crippen LogP contribution in [0.4, 0.5) is 15.6 Å². The molecule has 0 atom stereocenters. The molecule has 37 heavy (non-hydrogen) atoms. The zero-order valence-corrected chi connectivity index (χ0v) is 23.3. The van der Waals surface area contributed by atoms with Gasteiger partial charge in [-0.1, -0.05) is 68.1 Å². The van der Waals surface area contributed by atoms with Crippen molar-refractivity contribution < 1.29 is 9.59 Å². The number of carbonyl (C=O) groups is 2. The Balaban J connectivity index is 1.11. The van der Waals surface area contributed by atoms with Crippen molar-refractivity contribution in [3.8, 4) is 0 Å². The van der Waals surface area contributed by atoms with Crippen LogP contribution < -0.4 is 10.2 Å². The number of amides is 3. The van der Waals surface area contributed by atoms with Crippen LogP contribution in [0.3, 0.4) is 0 Å². The minimum absolute atomic E-state index is 0.0112. The first-order chi connectivity index (χ1) is 18.2. The van der Waals surface area contributed by atoms with Gasteiger partial charge in [0.05, 0.1) is 16.2 Å². The number of benzene rings is 1. The summed E-state index contributed by atoms with van der Waals surface area (Å²) in [5.74, 6) is 0.564. The van der Waals surface area contributed by atoms with Crippen molar-refractivity contribution in [2.45, 2.75) is 80.5 Å². The molecule has 1 saturated heterocycles. The smallest absolute Gasteiger partial charge is 0.324 e. The molecular formula is C28H39N5O2S2. The maximum atomic E-state index is 13.4. The maximum Gasteiger partial charge on any atom is 0.324 e. The molecular weight excluding hydrogens is 502 g/mol. The highest BCUT2D eigenvalue weighted by Gasteiger charge is 2.33. The molecule has 0 unspecified atom stereocenters. The molecule has 0 bridgehead atoms. The highest BCUT2D eigenvalue weighted by atomic mass is 32.2. The Morgan fingerprint density at radius 3 is 2.16 bits per heavy atom. The Kier molecular flexibility index (Phi) is 9.26. The maximum absolute atomic E-state index is 13.4. The third-order valence-corrected chi connectivity index (χ3v) is 10.1. The zero-order chi connectivity index (χ0) is 25.5. The Bertz CT molecular complexity index is 995. The first-order valence-electron chi connectivity index (χ1n) is 13.9. The van der Waals surface area contributed by atoms with Gasteiger partial charge in [-0.15, -0.1) is 11.8 Å². The van der Waals surface area contributed by atoms with Crippen molar-refractivity contribution in [3.05, 3.63) is 36.5 Å². The van der Waals surface area contributed by atoms with E-state index in [1.165, 1.54) is 67.3 Å². The number of urea groups is 1. The molecule has 7 nitrogen and oxygen atoms in total. The zero-order valence-electron chi connectivity index (χ0n) is 21.6. The van der Waals surface area contributed by atoms with E-state index in [0.29, 0.717) is 23.0 Å². The number of hydrogen-bond donors (Lipinski definition) is 1. The van der Waals surface area contributed by atoms with Crippen molar-refractivity contribution >= 4 is 45.9 Å². The van der Waals surface area contributed by atoms with Crippen LogP contribution in [0.2, 0.25) is 0 Å². The predicted octanol–water partition coefficient (Wildman–Crippen LogP) is 6.08. The average molecular weight is 542 g/mol. The summed E-state index contributed by atoms with van der Waals surface area (Å²) >= 11 is 2.99. The molecule has 2 heterocycles. The van der Waals surface area contributed by atoms with Gasteiger partial charge in [0, 0.05) is 44.0 Å². The van der Waals surface area contributed by atoms with E-state index in [9.17, 15) is 9.59 Å². The van der Waals surface area contributed by atoms with Crippen LogP contribution in [0.25, 0.3) is 0 Å². The number of hydrogen-bond acceptors (Lipinski definition) is 6. The number of piperazine rings is 1. The number of aromatic nitrogens is 1. The van der Waals surface area contributed by atoms with Crippen LogP contribution in [0.15, 0.2) is 40.7 Å². The molecule has 3 aliphatic rings. The molecule has 1 aliphatic heterocycles. The van der Waals surface area contributed by atoms with Crippen molar-refractivity contribution in [2.75, 3.05) is 42.1 Å². The predicted molar refractivity (Wildman–Crippen MR) is 153 cm³/mol. The van der Waals surface area contributed by atoms with E-state index in [4.69, 9.17) is 0 Å². The molecule has 3 fully saturated rings. The molecule has 1 aromatic heterocycles. The van der Waals surface area contributed by atoms with E-state index < -0.39 is 0 Å². The summed E-state index contributed by atoms with van der Waals surface area (Å²) in [6.45, 7) is 3.21. The minimum atomic E-state index is 0.0112. The van der Waals surface area contributed by atoms with Crippen molar-refractivity contribution in [1.29, 1.82) is 0 Å². The number of nitrogens with one attached hydrogen (secondary N) is 1. The van der Waals surface area contributed by atoms with E-state index in [0.717, 1.165) is 56.1 Å². The monoisotopic (exact) mass is 541 g/mol. The van der Waals surface area contributed by atoms with Crippen molar-refractivity contribution in [2.24, 2.45) is 0 Å². The Morgan fingerprint density at radius 1 is 0.919 bits per heavy atom. The van der Waals surface area contributed by atoms with Crippen LogP contribution in [-0.2, 0) is 4.79 Å². The van der Waals surface area contributed by atoms with Crippen molar-refractivity contribution in [3.63, 3.8) is 0 Å². The summed E-state index contributed by atoms with van der Waals surface area (Å²) < 4.78 is 0.966. The number of thioether (sulfide) groups is 1. The van der Waals surface area contributed by atoms with Gasteiger partial charge in [0.25, 0.3) is 0 Å². The fourth-order valence-corrected chi connectivity index (χ4v) is 7.73. The van der Waals surface area contributed by atoms with Gasteiger partial charge in [0.1, 0.15) is 0 Å². The summed E-state index contributed by atoms with van der Waals surface area (Å²) in [6, 6.07) is 11.1. The molecule has 5 rings (SSSR count). The molecule has 200 valence electrons. The summed E-state index contributed by atoms with van der Waals surface area (Å²) in [5, 5.41) is 3.74. The van der Waals surface area contributed by atoms with Gasteiger partial charge in [0.15, 0.2) is 5.13 Å². The fraction of sp³-hybridized carbons (Fsp3) is 0.607. The van der Waals surface area contributed by atoms with Gasteiger partial charge in [-0.25, -0.2) is 9.78 Å². The molecule has 0 radical (unpaired) electrons. The van der Waals surface area contributed by atoms with E-state index >= 15 is 0 Å². The summed E-state index contributed by atoms with van der Waals surface area (Å²) in [5.41, 5.74) is 1.22. The topological polar surface area (TPSA) is 68.8 Å². The summed E-state index contributed by atoms with van der Waals surface area (Å²) in [7, 11) is 0. The third-order valence-electron chi connectivity index (χ3n) is 7.96. The van der Waals surface area contributed by atoms with Crippen LogP contribution in [0, 0.1) is 0 Å². The highest BCUT2D eigenvalue weighted by molar-refractivity contribution is 8.01. The number of para-hydroxylation sites is 1. The molecule has 1 N–H and O–H groups in total. The number of carbonyl (C=O) groups excluding carboxylic acids is 2. The quantitative estimate of drug-likeness (QED) is 0.430. The number of thiazole rings is 1. The second-order valence-electron chi connectivity index (χ2n) is 10.4. The third kappa shape index (κ3) is 6.99. The lowest BCUT2D eigenvalue weighted by molar-refractivity contribution is -0.128. The molecule has 0 spiro atoms. The molecule has 9 heteroatoms. The Labute approximate surface area is 229 Å². The SMILES string of the molecule is O=C(CSc1cnc(NC(=O)N(C2CCCCC2)C2CCCCC2)s1)N1CCN(c2ccccc2)CC1. The first kappa shape index (κ1) is 26.4. The van der Waals surface area contributed by atoms with Crippen LogP contribution >= 0.6 is 23.1 Å². The number of anilines is 2. The van der Waals surface area contributed by atoms with Gasteiger partial charge in [-0.05, 0) is 37.8 Å².